The van der Waals surface area contributed by atoms with Crippen LogP contribution >= 0.6 is 23.2 Å². The van der Waals surface area contributed by atoms with Gasteiger partial charge in [-0.2, -0.15) is 10.2 Å². The fraction of sp³-hybridized carbons (Fsp3) is 0.150. The van der Waals surface area contributed by atoms with Gasteiger partial charge in [0.15, 0.2) is 0 Å². The van der Waals surface area contributed by atoms with Crippen LogP contribution in [0.4, 0.5) is 0 Å². The summed E-state index contributed by atoms with van der Waals surface area (Å²) in [5.41, 5.74) is 2.54. The number of amides is 1. The number of aryl methyl sites for hydroxylation is 1. The van der Waals surface area contributed by atoms with Gasteiger partial charge in [-0.25, -0.2) is 15.3 Å². The quantitative estimate of drug-likeness (QED) is 0.350. The van der Waals surface area contributed by atoms with Crippen molar-refractivity contribution in [2.24, 2.45) is 5.10 Å². The number of nitrogens with zero attached hydrogens (tertiary/aromatic N) is 2. The number of H-pyrrole nitrogens is 2. The van der Waals surface area contributed by atoms with Gasteiger partial charge in [-0.3, -0.25) is 14.6 Å². The van der Waals surface area contributed by atoms with E-state index in [0.29, 0.717) is 21.4 Å². The summed E-state index contributed by atoms with van der Waals surface area (Å²) in [4.78, 5) is 36.3. The second-order valence-electron chi connectivity index (χ2n) is 6.30. The zero-order valence-electron chi connectivity index (χ0n) is 16.0. The first-order chi connectivity index (χ1) is 14.9. The molecule has 1 heterocycles. The molecule has 3 aromatic rings. The van der Waals surface area contributed by atoms with Crippen LogP contribution in [0.3, 0.4) is 0 Å². The van der Waals surface area contributed by atoms with Crippen molar-refractivity contribution in [1.29, 1.82) is 0 Å². The molecule has 0 unspecified atom stereocenters. The van der Waals surface area contributed by atoms with Crippen LogP contribution < -0.4 is 21.4 Å². The Morgan fingerprint density at radius 3 is 2.52 bits per heavy atom. The molecule has 3 N–H and O–H groups in total. The molecule has 0 aliphatic rings. The number of nitrogens with one attached hydrogen (secondary N) is 3. The Balaban J connectivity index is 1.47. The lowest BCUT2D eigenvalue weighted by atomic mass is 10.2. The van der Waals surface area contributed by atoms with Crippen LogP contribution in [-0.4, -0.2) is 27.3 Å². The summed E-state index contributed by atoms with van der Waals surface area (Å²) in [6, 6.07) is 12.3. The summed E-state index contributed by atoms with van der Waals surface area (Å²) in [5, 5.41) is 10.7. The van der Waals surface area contributed by atoms with Crippen LogP contribution in [0.5, 0.6) is 5.75 Å². The highest BCUT2D eigenvalue weighted by Crippen LogP contribution is 2.25. The van der Waals surface area contributed by atoms with E-state index in [1.54, 1.807) is 42.5 Å². The van der Waals surface area contributed by atoms with Crippen molar-refractivity contribution in [3.8, 4) is 5.75 Å². The van der Waals surface area contributed by atoms with Gasteiger partial charge in [0.1, 0.15) is 18.1 Å². The Hall–Kier alpha value is -3.43. The van der Waals surface area contributed by atoms with E-state index in [2.05, 4.69) is 20.7 Å². The summed E-state index contributed by atoms with van der Waals surface area (Å²) in [5.74, 6) is 0.219. The second-order valence-corrected chi connectivity index (χ2v) is 7.12. The largest absolute Gasteiger partial charge is 0.489 e. The van der Waals surface area contributed by atoms with Crippen molar-refractivity contribution in [2.45, 2.75) is 19.4 Å². The van der Waals surface area contributed by atoms with Crippen LogP contribution in [0.1, 0.15) is 23.2 Å². The van der Waals surface area contributed by atoms with Gasteiger partial charge in [-0.05, 0) is 42.0 Å². The normalized spacial score (nSPS) is 10.9. The maximum absolute atomic E-state index is 11.8. The minimum Gasteiger partial charge on any atom is -0.489 e. The molecule has 31 heavy (non-hydrogen) atoms. The molecule has 9 nitrogen and oxygen atoms in total. The number of rotatable bonds is 8. The molecule has 0 aliphatic carbocycles. The molecule has 0 fully saturated rings. The van der Waals surface area contributed by atoms with Gasteiger partial charge in [0.2, 0.25) is 5.91 Å². The van der Waals surface area contributed by atoms with Crippen molar-refractivity contribution in [3.63, 3.8) is 0 Å². The van der Waals surface area contributed by atoms with E-state index in [-0.39, 0.29) is 25.1 Å². The fourth-order valence-corrected chi connectivity index (χ4v) is 2.99. The van der Waals surface area contributed by atoms with Crippen molar-refractivity contribution in [3.05, 3.63) is 90.2 Å². The molecule has 3 rings (SSSR count). The number of carbonyl (C=O) groups excluding carboxylic acids is 1. The predicted octanol–water partition coefficient (Wildman–Crippen LogP) is 2.43. The number of hydrazone groups is 1. The number of aromatic amines is 2. The van der Waals surface area contributed by atoms with Crippen molar-refractivity contribution in [1.82, 2.24) is 20.6 Å². The lowest BCUT2D eigenvalue weighted by Crippen LogP contribution is -2.28. The number of ether oxygens (including phenoxy) is 1. The number of hydrogen-bond donors (Lipinski definition) is 3. The van der Waals surface area contributed by atoms with Crippen molar-refractivity contribution < 1.29 is 9.53 Å². The zero-order chi connectivity index (χ0) is 22.2. The van der Waals surface area contributed by atoms with Gasteiger partial charge in [-0.1, -0.05) is 29.3 Å². The Morgan fingerprint density at radius 1 is 1.13 bits per heavy atom. The molecule has 0 atom stereocenters. The highest BCUT2D eigenvalue weighted by atomic mass is 35.5. The molecule has 1 amide bonds. The smallest absolute Gasteiger partial charge is 0.342 e. The SMILES string of the molecule is O=C(CCc1n[nH]c(=O)[nH]c1=O)N/N=C/c1ccc(OCc2c(Cl)cccc2Cl)cc1. The molecule has 0 aliphatic heterocycles. The van der Waals surface area contributed by atoms with E-state index in [4.69, 9.17) is 27.9 Å². The molecule has 0 saturated carbocycles. The van der Waals surface area contributed by atoms with E-state index < -0.39 is 17.2 Å². The topological polar surface area (TPSA) is 129 Å². The molecule has 11 heteroatoms. The first-order valence-electron chi connectivity index (χ1n) is 9.08. The fourth-order valence-electron chi connectivity index (χ4n) is 2.48. The molecule has 0 radical (unpaired) electrons. The van der Waals surface area contributed by atoms with Gasteiger partial charge in [0.25, 0.3) is 5.56 Å². The average molecular weight is 462 g/mol. The predicted molar refractivity (Wildman–Crippen MR) is 117 cm³/mol. The second kappa shape index (κ2) is 10.6. The van der Waals surface area contributed by atoms with Crippen LogP contribution in [-0.2, 0) is 17.8 Å². The summed E-state index contributed by atoms with van der Waals surface area (Å²) in [7, 11) is 0. The summed E-state index contributed by atoms with van der Waals surface area (Å²) in [6.07, 6.45) is 1.52. The summed E-state index contributed by atoms with van der Waals surface area (Å²) in [6.45, 7) is 0.231. The van der Waals surface area contributed by atoms with Gasteiger partial charge in [-0.15, -0.1) is 0 Å². The molecule has 160 valence electrons. The monoisotopic (exact) mass is 461 g/mol. The van der Waals surface area contributed by atoms with Crippen LogP contribution in [0.25, 0.3) is 0 Å². The van der Waals surface area contributed by atoms with Crippen molar-refractivity contribution in [2.75, 3.05) is 0 Å². The van der Waals surface area contributed by atoms with Gasteiger partial charge < -0.3 is 4.74 Å². The third-order valence-corrected chi connectivity index (χ3v) is 4.81. The number of benzene rings is 2. The van der Waals surface area contributed by atoms with Gasteiger partial charge in [0.05, 0.1) is 6.21 Å². The first kappa shape index (κ1) is 22.3. The molecule has 0 saturated heterocycles. The number of carbonyl (C=O) groups is 1. The molecule has 0 bridgehead atoms. The lowest BCUT2D eigenvalue weighted by Gasteiger charge is -2.09. The first-order valence-corrected chi connectivity index (χ1v) is 9.83. The summed E-state index contributed by atoms with van der Waals surface area (Å²) >= 11 is 12.2. The molecular weight excluding hydrogens is 445 g/mol. The Morgan fingerprint density at radius 2 is 1.84 bits per heavy atom. The Bertz CT molecular complexity index is 1180. The third-order valence-electron chi connectivity index (χ3n) is 4.10. The Kier molecular flexibility index (Phi) is 7.58. The number of halogens is 2. The van der Waals surface area contributed by atoms with Gasteiger partial charge >= 0.3 is 5.69 Å². The summed E-state index contributed by atoms with van der Waals surface area (Å²) < 4.78 is 5.70. The van der Waals surface area contributed by atoms with Crippen LogP contribution in [0.15, 0.2) is 57.2 Å². The minimum absolute atomic E-state index is 0.0170. The third kappa shape index (κ3) is 6.53. The highest BCUT2D eigenvalue weighted by Gasteiger charge is 2.07. The van der Waals surface area contributed by atoms with Crippen LogP contribution in [0, 0.1) is 0 Å². The highest BCUT2D eigenvalue weighted by molar-refractivity contribution is 6.35. The maximum Gasteiger partial charge on any atom is 0.342 e. The minimum atomic E-state index is -0.702. The van der Waals surface area contributed by atoms with Gasteiger partial charge in [0, 0.05) is 28.5 Å². The van der Waals surface area contributed by atoms with E-state index >= 15 is 0 Å². The van der Waals surface area contributed by atoms with E-state index in [1.807, 2.05) is 4.98 Å². The number of aromatic nitrogens is 3. The van der Waals surface area contributed by atoms with E-state index in [0.717, 1.165) is 5.56 Å². The molecule has 0 spiro atoms. The molecule has 1 aromatic heterocycles. The molecular formula is C20H17Cl2N5O4. The number of hydrogen-bond acceptors (Lipinski definition) is 6. The average Bonchev–Trinajstić information content (AvgIpc) is 2.74. The Labute approximate surface area is 186 Å². The van der Waals surface area contributed by atoms with E-state index in [1.165, 1.54) is 6.21 Å². The van der Waals surface area contributed by atoms with Crippen LogP contribution in [0.2, 0.25) is 10.0 Å². The standard InChI is InChI=1S/C20H17Cl2N5O4/c21-15-2-1-3-16(22)14(15)11-31-13-6-4-12(5-7-13)10-23-26-18(28)9-8-17-19(29)24-20(30)27-25-17/h1-7,10H,8-9,11H2,(H,26,28)(H2,24,27,29,30)/b23-10+. The van der Waals surface area contributed by atoms with Crippen molar-refractivity contribution >= 4 is 35.3 Å². The maximum atomic E-state index is 11.8. The molecule has 2 aromatic carbocycles. The lowest BCUT2D eigenvalue weighted by molar-refractivity contribution is -0.121. The van der Waals surface area contributed by atoms with E-state index in [9.17, 15) is 14.4 Å². The zero-order valence-corrected chi connectivity index (χ0v) is 17.5.